The van der Waals surface area contributed by atoms with Crippen molar-refractivity contribution in [2.45, 2.75) is 0 Å². The Hall–Kier alpha value is -7.80. The average Bonchev–Trinajstić information content (AvgIpc) is 3.35. The molecule has 10 rings (SSSR count). The quantitative estimate of drug-likeness (QED) is 0.145. The van der Waals surface area contributed by atoms with Crippen LogP contribution in [0.15, 0.2) is 267 Å². The third kappa shape index (κ3) is 9.00. The van der Waals surface area contributed by atoms with Crippen LogP contribution < -0.4 is 0 Å². The molecule has 0 aliphatic rings. The van der Waals surface area contributed by atoms with E-state index in [1.165, 1.54) is 89.0 Å². The largest absolute Gasteiger partial charge is 0.0622 e. The predicted octanol–water partition coefficient (Wildman–Crippen LogP) is 16.7. The summed E-state index contributed by atoms with van der Waals surface area (Å²) in [6.45, 7) is 0. The summed E-state index contributed by atoms with van der Waals surface area (Å²) < 4.78 is 0. The molecule has 0 N–H and O–H groups in total. The highest BCUT2D eigenvalue weighted by molar-refractivity contribution is 5.81. The zero-order valence-corrected chi connectivity index (χ0v) is 33.4. The van der Waals surface area contributed by atoms with E-state index in [-0.39, 0.29) is 0 Å². The first-order valence-corrected chi connectivity index (χ1v) is 20.6. The average molecular weight is 765 g/mol. The summed E-state index contributed by atoms with van der Waals surface area (Å²) >= 11 is 0. The summed E-state index contributed by atoms with van der Waals surface area (Å²) in [6, 6.07) is 94.9. The maximum atomic E-state index is 2.30. The summed E-state index contributed by atoms with van der Waals surface area (Å²) in [5, 5.41) is 0. The third-order valence-electron chi connectivity index (χ3n) is 10.9. The summed E-state index contributed by atoms with van der Waals surface area (Å²) in [4.78, 5) is 0. The van der Waals surface area contributed by atoms with Crippen molar-refractivity contribution >= 4 is 0 Å². The van der Waals surface area contributed by atoms with Crippen LogP contribution in [0.3, 0.4) is 0 Å². The van der Waals surface area contributed by atoms with Crippen molar-refractivity contribution < 1.29 is 0 Å². The van der Waals surface area contributed by atoms with Crippen LogP contribution in [0.25, 0.3) is 89.0 Å². The van der Waals surface area contributed by atoms with E-state index in [0.717, 1.165) is 0 Å². The van der Waals surface area contributed by atoms with E-state index in [2.05, 4.69) is 267 Å². The molecule has 0 unspecified atom stereocenters. The molecule has 0 spiro atoms. The van der Waals surface area contributed by atoms with E-state index in [9.17, 15) is 0 Å². The topological polar surface area (TPSA) is 0 Å². The molecule has 0 heterocycles. The molecule has 0 aliphatic heterocycles. The Morgan fingerprint density at radius 1 is 0.100 bits per heavy atom. The van der Waals surface area contributed by atoms with Crippen LogP contribution in [-0.2, 0) is 0 Å². The van der Waals surface area contributed by atoms with Crippen LogP contribution in [0, 0.1) is 0 Å². The summed E-state index contributed by atoms with van der Waals surface area (Å²) in [5.41, 5.74) is 19.8. The van der Waals surface area contributed by atoms with Crippen LogP contribution in [-0.4, -0.2) is 0 Å². The molecule has 0 amide bonds. The normalized spacial score (nSPS) is 10.7. The second-order valence-electron chi connectivity index (χ2n) is 14.9. The molecule has 0 fully saturated rings. The van der Waals surface area contributed by atoms with Gasteiger partial charge in [0.1, 0.15) is 0 Å². The van der Waals surface area contributed by atoms with Crippen LogP contribution in [0.5, 0.6) is 0 Å². The van der Waals surface area contributed by atoms with E-state index in [4.69, 9.17) is 0 Å². The van der Waals surface area contributed by atoms with Gasteiger partial charge in [-0.2, -0.15) is 0 Å². The fraction of sp³-hybridized carbons (Fsp3) is 0. The van der Waals surface area contributed by atoms with E-state index >= 15 is 0 Å². The van der Waals surface area contributed by atoms with E-state index in [1.807, 2.05) is 0 Å². The van der Waals surface area contributed by atoms with Crippen molar-refractivity contribution in [1.82, 2.24) is 0 Å². The molecule has 0 radical (unpaired) electrons. The van der Waals surface area contributed by atoms with E-state index < -0.39 is 0 Å². The number of benzene rings is 10. The minimum absolute atomic E-state index is 1.22. The first kappa shape index (κ1) is 37.8. The van der Waals surface area contributed by atoms with Gasteiger partial charge in [-0.1, -0.05) is 231 Å². The molecule has 0 atom stereocenters. The van der Waals surface area contributed by atoms with E-state index in [1.54, 1.807) is 0 Å². The summed E-state index contributed by atoms with van der Waals surface area (Å²) in [7, 11) is 0. The van der Waals surface area contributed by atoms with Gasteiger partial charge in [-0.05, 0) is 125 Å². The van der Waals surface area contributed by atoms with Gasteiger partial charge in [0.05, 0.1) is 0 Å². The Bertz CT molecular complexity index is 2740. The highest BCUT2D eigenvalue weighted by atomic mass is 14.1. The maximum absolute atomic E-state index is 2.30. The Kier molecular flexibility index (Phi) is 11.5. The SMILES string of the molecule is c1ccc(-c2cccc(-c3cccc(-c4cccc(-c5cccc(-c6ccccc6)c5)c4)c3)c2)cc1.c1ccc(-c2cccc(-c3cccc(-c4ccccc4)c3)c2)cc1. The number of rotatable bonds is 8. The van der Waals surface area contributed by atoms with Crippen molar-refractivity contribution in [3.63, 3.8) is 0 Å². The molecule has 0 aliphatic carbocycles. The lowest BCUT2D eigenvalue weighted by Gasteiger charge is -2.10. The van der Waals surface area contributed by atoms with Crippen LogP contribution in [0.4, 0.5) is 0 Å². The highest BCUT2D eigenvalue weighted by Gasteiger charge is 2.08. The van der Waals surface area contributed by atoms with Gasteiger partial charge < -0.3 is 0 Å². The molecule has 0 aromatic heterocycles. The highest BCUT2D eigenvalue weighted by Crippen LogP contribution is 2.34. The van der Waals surface area contributed by atoms with Crippen LogP contribution >= 0.6 is 0 Å². The van der Waals surface area contributed by atoms with Gasteiger partial charge in [-0.25, -0.2) is 0 Å². The van der Waals surface area contributed by atoms with Crippen molar-refractivity contribution in [2.24, 2.45) is 0 Å². The molecule has 0 nitrogen and oxygen atoms in total. The lowest BCUT2D eigenvalue weighted by molar-refractivity contribution is 1.56. The summed E-state index contributed by atoms with van der Waals surface area (Å²) in [6.07, 6.45) is 0. The Morgan fingerprint density at radius 2 is 0.217 bits per heavy atom. The molecule has 0 saturated heterocycles. The molecule has 0 bridgehead atoms. The van der Waals surface area contributed by atoms with Crippen molar-refractivity contribution in [2.75, 3.05) is 0 Å². The second-order valence-corrected chi connectivity index (χ2v) is 14.9. The first-order valence-electron chi connectivity index (χ1n) is 20.6. The smallest absolute Gasteiger partial charge is 0.0178 e. The minimum atomic E-state index is 1.22. The molecule has 284 valence electrons. The lowest BCUT2D eigenvalue weighted by atomic mass is 9.94. The maximum Gasteiger partial charge on any atom is -0.0178 e. The van der Waals surface area contributed by atoms with Gasteiger partial charge in [-0.3, -0.25) is 0 Å². The van der Waals surface area contributed by atoms with Gasteiger partial charge >= 0.3 is 0 Å². The molecule has 10 aromatic carbocycles. The van der Waals surface area contributed by atoms with Gasteiger partial charge in [0.2, 0.25) is 0 Å². The molecular formula is C60H44. The minimum Gasteiger partial charge on any atom is -0.0622 e. The second kappa shape index (κ2) is 18.2. The first-order chi connectivity index (χ1) is 29.7. The van der Waals surface area contributed by atoms with Crippen LogP contribution in [0.2, 0.25) is 0 Å². The third-order valence-corrected chi connectivity index (χ3v) is 10.9. The lowest BCUT2D eigenvalue weighted by Crippen LogP contribution is -1.85. The predicted molar refractivity (Wildman–Crippen MR) is 256 cm³/mol. The van der Waals surface area contributed by atoms with Crippen molar-refractivity contribution in [3.8, 4) is 89.0 Å². The number of hydrogen-bond acceptors (Lipinski definition) is 0. The monoisotopic (exact) mass is 764 g/mol. The zero-order valence-electron chi connectivity index (χ0n) is 33.4. The standard InChI is InChI=1S/C36H26.C24H18/c1-3-11-27(12-4-1)29-15-7-17-31(23-29)33-19-9-21-35(25-33)36-22-10-20-34(26-36)32-18-8-16-30(24-32)28-13-5-2-6-14-28;1-3-9-19(10-4-1)21-13-7-15-23(17-21)24-16-8-14-22(18-24)20-11-5-2-6-12-20/h1-26H;1-18H. The zero-order chi connectivity index (χ0) is 40.4. The van der Waals surface area contributed by atoms with Crippen molar-refractivity contribution in [3.05, 3.63) is 267 Å². The molecule has 10 aromatic rings. The Morgan fingerprint density at radius 3 is 0.367 bits per heavy atom. The summed E-state index contributed by atoms with van der Waals surface area (Å²) in [5.74, 6) is 0. The molecular weight excluding hydrogens is 721 g/mol. The van der Waals surface area contributed by atoms with Crippen molar-refractivity contribution in [1.29, 1.82) is 0 Å². The fourth-order valence-corrected chi connectivity index (χ4v) is 7.79. The fourth-order valence-electron chi connectivity index (χ4n) is 7.79. The van der Waals surface area contributed by atoms with Crippen LogP contribution in [0.1, 0.15) is 0 Å². The Labute approximate surface area is 354 Å². The molecule has 0 saturated carbocycles. The van der Waals surface area contributed by atoms with Gasteiger partial charge in [0.15, 0.2) is 0 Å². The van der Waals surface area contributed by atoms with Gasteiger partial charge in [-0.15, -0.1) is 0 Å². The molecule has 60 heavy (non-hydrogen) atoms. The molecule has 0 heteroatoms. The van der Waals surface area contributed by atoms with Gasteiger partial charge in [0.25, 0.3) is 0 Å². The van der Waals surface area contributed by atoms with Gasteiger partial charge in [0, 0.05) is 0 Å². The number of hydrogen-bond donors (Lipinski definition) is 0. The van der Waals surface area contributed by atoms with E-state index in [0.29, 0.717) is 0 Å². The Balaban J connectivity index is 0.000000167.